The molecule has 0 saturated heterocycles. The van der Waals surface area contributed by atoms with Crippen LogP contribution in [-0.4, -0.2) is 12.7 Å². The zero-order chi connectivity index (χ0) is 7.11. The molecule has 0 aromatic rings. The molecule has 0 aliphatic carbocycles. The molecule has 0 heterocycles. The lowest BCUT2D eigenvalue weighted by Gasteiger charge is -1.93. The van der Waals surface area contributed by atoms with Crippen molar-refractivity contribution in [2.24, 2.45) is 5.11 Å². The number of hydrogen-bond donors (Lipinski definition) is 0. The largest absolute Gasteiger partial charge is 0.461 e. The van der Waals surface area contributed by atoms with Crippen molar-refractivity contribution in [2.45, 2.75) is 13.3 Å². The van der Waals surface area contributed by atoms with Gasteiger partial charge in [-0.3, -0.25) is 0 Å². The fourth-order valence-corrected chi connectivity index (χ4v) is 0.255. The van der Waals surface area contributed by atoms with E-state index < -0.39 is 6.09 Å². The maximum atomic E-state index is 10.2. The van der Waals surface area contributed by atoms with Crippen molar-refractivity contribution in [1.29, 1.82) is 0 Å². The molecule has 0 N–H and O–H groups in total. The Morgan fingerprint density at radius 3 is 3.00 bits per heavy atom. The van der Waals surface area contributed by atoms with Gasteiger partial charge in [-0.2, -0.15) is 0 Å². The third-order valence-electron chi connectivity index (χ3n) is 0.556. The first-order valence-corrected chi connectivity index (χ1v) is 2.53. The van der Waals surface area contributed by atoms with Gasteiger partial charge in [-0.25, -0.2) is 4.79 Å². The minimum absolute atomic E-state index is 0.303. The van der Waals surface area contributed by atoms with E-state index in [0.29, 0.717) is 6.61 Å². The number of nitrogens with zero attached hydrogens (tertiary/aromatic N) is 3. The lowest BCUT2D eigenvalue weighted by molar-refractivity contribution is 0.157. The molecule has 0 spiro atoms. The van der Waals surface area contributed by atoms with Gasteiger partial charge in [0.2, 0.25) is 0 Å². The van der Waals surface area contributed by atoms with Gasteiger partial charge < -0.3 is 4.74 Å². The van der Waals surface area contributed by atoms with Gasteiger partial charge in [0.05, 0.1) is 6.61 Å². The molecule has 0 atom stereocenters. The molecule has 5 nitrogen and oxygen atoms in total. The van der Waals surface area contributed by atoms with Crippen molar-refractivity contribution >= 4 is 6.09 Å². The molecule has 0 fully saturated rings. The van der Waals surface area contributed by atoms with E-state index in [0.717, 1.165) is 6.42 Å². The highest BCUT2D eigenvalue weighted by molar-refractivity contribution is 5.67. The van der Waals surface area contributed by atoms with Crippen molar-refractivity contribution in [3.63, 3.8) is 0 Å². The topological polar surface area (TPSA) is 75.1 Å². The Kier molecular flexibility index (Phi) is 4.26. The second-order valence-electron chi connectivity index (χ2n) is 1.30. The van der Waals surface area contributed by atoms with Crippen LogP contribution in [0.4, 0.5) is 4.79 Å². The summed E-state index contributed by atoms with van der Waals surface area (Å²) < 4.78 is 4.37. The molecule has 1 amide bonds. The standard InChI is InChI=1S/C4H7N3O2/c1-2-3-9-4(8)6-7-5/h2-3H2,1H3. The summed E-state index contributed by atoms with van der Waals surface area (Å²) >= 11 is 0. The molecule has 0 radical (unpaired) electrons. The highest BCUT2D eigenvalue weighted by atomic mass is 16.5. The highest BCUT2D eigenvalue weighted by Crippen LogP contribution is 1.85. The number of carbonyl (C=O) groups is 1. The molecule has 0 unspecified atom stereocenters. The maximum Gasteiger partial charge on any atom is 0.396 e. The van der Waals surface area contributed by atoms with Crippen molar-refractivity contribution < 1.29 is 9.53 Å². The second kappa shape index (κ2) is 4.93. The summed E-state index contributed by atoms with van der Waals surface area (Å²) in [5.41, 5.74) is 7.69. The molecular weight excluding hydrogens is 122 g/mol. The van der Waals surface area contributed by atoms with Crippen LogP contribution in [0.1, 0.15) is 13.3 Å². The summed E-state index contributed by atoms with van der Waals surface area (Å²) in [6.07, 6.45) is -0.133. The quantitative estimate of drug-likeness (QED) is 0.324. The second-order valence-corrected chi connectivity index (χ2v) is 1.30. The first-order valence-electron chi connectivity index (χ1n) is 2.53. The Labute approximate surface area is 52.2 Å². The monoisotopic (exact) mass is 129 g/mol. The predicted octanol–water partition coefficient (Wildman–Crippen LogP) is 1.84. The van der Waals surface area contributed by atoms with Gasteiger partial charge >= 0.3 is 6.09 Å². The molecule has 9 heavy (non-hydrogen) atoms. The van der Waals surface area contributed by atoms with Crippen molar-refractivity contribution in [2.75, 3.05) is 6.61 Å². The van der Waals surface area contributed by atoms with Gasteiger partial charge in [0.25, 0.3) is 0 Å². The SMILES string of the molecule is CCCOC(=O)N=[N+]=[N-]. The van der Waals surface area contributed by atoms with Crippen LogP contribution in [0, 0.1) is 0 Å². The van der Waals surface area contributed by atoms with E-state index in [2.05, 4.69) is 14.8 Å². The molecule has 0 aromatic carbocycles. The Morgan fingerprint density at radius 1 is 1.89 bits per heavy atom. The average Bonchev–Trinajstić information content (AvgIpc) is 1.85. The van der Waals surface area contributed by atoms with Gasteiger partial charge in [-0.1, -0.05) is 6.92 Å². The molecule has 0 aromatic heterocycles. The van der Waals surface area contributed by atoms with E-state index in [4.69, 9.17) is 5.53 Å². The van der Waals surface area contributed by atoms with E-state index >= 15 is 0 Å². The molecule has 0 aliphatic rings. The Morgan fingerprint density at radius 2 is 2.56 bits per heavy atom. The number of rotatable bonds is 2. The van der Waals surface area contributed by atoms with E-state index in [1.54, 1.807) is 0 Å². The van der Waals surface area contributed by atoms with E-state index in [1.165, 1.54) is 0 Å². The Balaban J connectivity index is 3.39. The summed E-state index contributed by atoms with van der Waals surface area (Å²) in [6.45, 7) is 2.15. The number of azide groups is 1. The van der Waals surface area contributed by atoms with Crippen LogP contribution >= 0.6 is 0 Å². The zero-order valence-corrected chi connectivity index (χ0v) is 5.07. The fraction of sp³-hybridized carbons (Fsp3) is 0.750. The third-order valence-corrected chi connectivity index (χ3v) is 0.556. The first-order chi connectivity index (χ1) is 4.31. The predicted molar refractivity (Wildman–Crippen MR) is 30.8 cm³/mol. The van der Waals surface area contributed by atoms with Crippen LogP contribution in [0.5, 0.6) is 0 Å². The number of carbonyl (C=O) groups excluding carboxylic acids is 1. The van der Waals surface area contributed by atoms with Crippen LogP contribution in [0.15, 0.2) is 5.11 Å². The Bertz CT molecular complexity index is 139. The van der Waals surface area contributed by atoms with Crippen LogP contribution in [-0.2, 0) is 4.74 Å². The summed E-state index contributed by atoms with van der Waals surface area (Å²) in [5, 5.41) is 2.68. The van der Waals surface area contributed by atoms with E-state index in [1.807, 2.05) is 6.92 Å². The minimum atomic E-state index is -0.862. The van der Waals surface area contributed by atoms with E-state index in [9.17, 15) is 4.79 Å². The molecular formula is C4H7N3O2. The highest BCUT2D eigenvalue weighted by Gasteiger charge is 1.92. The lowest BCUT2D eigenvalue weighted by atomic mass is 10.5. The molecule has 0 bridgehead atoms. The summed E-state index contributed by atoms with van der Waals surface area (Å²) in [4.78, 5) is 12.4. The van der Waals surface area contributed by atoms with Gasteiger partial charge in [0.1, 0.15) is 0 Å². The smallest absolute Gasteiger partial charge is 0.396 e. The van der Waals surface area contributed by atoms with Crippen molar-refractivity contribution in [3.05, 3.63) is 10.4 Å². The van der Waals surface area contributed by atoms with Crippen LogP contribution < -0.4 is 0 Å². The molecule has 0 saturated carbocycles. The molecule has 5 heteroatoms. The molecule has 0 aliphatic heterocycles. The summed E-state index contributed by atoms with van der Waals surface area (Å²) in [5.74, 6) is 0. The van der Waals surface area contributed by atoms with Crippen LogP contribution in [0.25, 0.3) is 10.4 Å². The number of amides is 1. The maximum absolute atomic E-state index is 10.2. The first kappa shape index (κ1) is 7.78. The average molecular weight is 129 g/mol. The van der Waals surface area contributed by atoms with Crippen molar-refractivity contribution in [3.8, 4) is 0 Å². The van der Waals surface area contributed by atoms with E-state index in [-0.39, 0.29) is 0 Å². The third kappa shape index (κ3) is 4.64. The van der Waals surface area contributed by atoms with Gasteiger partial charge in [0.15, 0.2) is 0 Å². The van der Waals surface area contributed by atoms with Gasteiger partial charge in [-0.05, 0) is 12.0 Å². The lowest BCUT2D eigenvalue weighted by Crippen LogP contribution is -1.97. The summed E-state index contributed by atoms with van der Waals surface area (Å²) in [6, 6.07) is 0. The normalized spacial score (nSPS) is 7.67. The van der Waals surface area contributed by atoms with Crippen LogP contribution in [0.3, 0.4) is 0 Å². The van der Waals surface area contributed by atoms with Crippen LogP contribution in [0.2, 0.25) is 0 Å². The molecule has 50 valence electrons. The van der Waals surface area contributed by atoms with Gasteiger partial charge in [-0.15, -0.1) is 0 Å². The zero-order valence-electron chi connectivity index (χ0n) is 5.07. The minimum Gasteiger partial charge on any atom is -0.461 e. The Hall–Kier alpha value is -1.22. The fourth-order valence-electron chi connectivity index (χ4n) is 0.255. The summed E-state index contributed by atoms with van der Waals surface area (Å²) in [7, 11) is 0. The number of hydrogen-bond acceptors (Lipinski definition) is 2. The molecule has 0 rings (SSSR count). The number of ether oxygens (including phenoxy) is 1. The van der Waals surface area contributed by atoms with Gasteiger partial charge in [0, 0.05) is 10.0 Å². The van der Waals surface area contributed by atoms with Crippen molar-refractivity contribution in [1.82, 2.24) is 0 Å².